The van der Waals surface area contributed by atoms with Gasteiger partial charge in [0.25, 0.3) is 0 Å². The van der Waals surface area contributed by atoms with Gasteiger partial charge >= 0.3 is 5.97 Å². The molecule has 1 saturated heterocycles. The zero-order chi connectivity index (χ0) is 17.0. The van der Waals surface area contributed by atoms with Crippen LogP contribution in [0.4, 0.5) is 0 Å². The van der Waals surface area contributed by atoms with Gasteiger partial charge in [-0.3, -0.25) is 4.90 Å². The fraction of sp³-hybridized carbons (Fsp3) is 0.588. The van der Waals surface area contributed by atoms with E-state index >= 15 is 0 Å². The molecule has 1 heterocycles. The molecule has 1 fully saturated rings. The second-order valence-corrected chi connectivity index (χ2v) is 5.94. The van der Waals surface area contributed by atoms with E-state index in [0.29, 0.717) is 29.6 Å². The minimum atomic E-state index is -0.960. The SMILES string of the molecule is CCC1CN(Cc2c(OC)cc(OC)cc2C(=O)O)CCN1C. The molecule has 0 radical (unpaired) electrons. The Bertz CT molecular complexity index is 562. The number of likely N-dealkylation sites (N-methyl/N-ethyl adjacent to an activating group) is 1. The first-order chi connectivity index (χ1) is 11.0. The molecule has 128 valence electrons. The van der Waals surface area contributed by atoms with Crippen LogP contribution < -0.4 is 9.47 Å². The molecule has 0 bridgehead atoms. The van der Waals surface area contributed by atoms with Crippen molar-refractivity contribution < 1.29 is 19.4 Å². The van der Waals surface area contributed by atoms with Crippen LogP contribution >= 0.6 is 0 Å². The molecule has 1 N–H and O–H groups in total. The quantitative estimate of drug-likeness (QED) is 0.863. The number of hydrogen-bond donors (Lipinski definition) is 1. The molecule has 1 unspecified atom stereocenters. The van der Waals surface area contributed by atoms with Gasteiger partial charge in [0.1, 0.15) is 11.5 Å². The van der Waals surface area contributed by atoms with Gasteiger partial charge in [0, 0.05) is 43.9 Å². The van der Waals surface area contributed by atoms with Crippen molar-refractivity contribution in [2.24, 2.45) is 0 Å². The third-order valence-electron chi connectivity index (χ3n) is 4.58. The summed E-state index contributed by atoms with van der Waals surface area (Å²) in [6.07, 6.45) is 1.08. The number of aromatic carboxylic acids is 1. The van der Waals surface area contributed by atoms with Gasteiger partial charge in [-0.2, -0.15) is 0 Å². The van der Waals surface area contributed by atoms with Crippen LogP contribution in [0.25, 0.3) is 0 Å². The summed E-state index contributed by atoms with van der Waals surface area (Å²) in [5, 5.41) is 9.54. The van der Waals surface area contributed by atoms with Crippen molar-refractivity contribution in [3.05, 3.63) is 23.3 Å². The third kappa shape index (κ3) is 3.95. The molecule has 1 aromatic rings. The number of benzene rings is 1. The molecule has 0 aliphatic carbocycles. The standard InChI is InChI=1S/C17H26N2O4/c1-5-12-10-19(7-6-18(12)2)11-15-14(17(20)21)8-13(22-3)9-16(15)23-4/h8-9,12H,5-7,10-11H2,1-4H3,(H,20,21). The number of hydrogen-bond acceptors (Lipinski definition) is 5. The van der Waals surface area contributed by atoms with E-state index in [1.807, 2.05) is 0 Å². The Labute approximate surface area is 137 Å². The molecule has 1 aliphatic rings. The van der Waals surface area contributed by atoms with Gasteiger partial charge < -0.3 is 19.5 Å². The van der Waals surface area contributed by atoms with Gasteiger partial charge in [-0.05, 0) is 19.5 Å². The highest BCUT2D eigenvalue weighted by Crippen LogP contribution is 2.30. The second kappa shape index (κ2) is 7.66. The molecule has 1 aliphatic heterocycles. The fourth-order valence-corrected chi connectivity index (χ4v) is 3.09. The predicted octanol–water partition coefficient (Wildman–Crippen LogP) is 1.93. The monoisotopic (exact) mass is 322 g/mol. The van der Waals surface area contributed by atoms with Crippen LogP contribution in [-0.4, -0.2) is 67.8 Å². The summed E-state index contributed by atoms with van der Waals surface area (Å²) in [4.78, 5) is 16.3. The van der Waals surface area contributed by atoms with Crippen molar-refractivity contribution in [2.45, 2.75) is 25.9 Å². The van der Waals surface area contributed by atoms with Crippen molar-refractivity contribution >= 4 is 5.97 Å². The van der Waals surface area contributed by atoms with Crippen molar-refractivity contribution in [1.29, 1.82) is 0 Å². The Kier molecular flexibility index (Phi) is 5.85. The molecule has 23 heavy (non-hydrogen) atoms. The maximum absolute atomic E-state index is 11.6. The molecule has 1 aromatic carbocycles. The Morgan fingerprint density at radius 3 is 2.61 bits per heavy atom. The summed E-state index contributed by atoms with van der Waals surface area (Å²) in [5.74, 6) is 0.0971. The van der Waals surface area contributed by atoms with Crippen molar-refractivity contribution in [1.82, 2.24) is 9.80 Å². The average molecular weight is 322 g/mol. The Hall–Kier alpha value is -1.79. The highest BCUT2D eigenvalue weighted by atomic mass is 16.5. The van der Waals surface area contributed by atoms with Crippen molar-refractivity contribution in [2.75, 3.05) is 40.9 Å². The summed E-state index contributed by atoms with van der Waals surface area (Å²) in [6, 6.07) is 3.81. The lowest BCUT2D eigenvalue weighted by Gasteiger charge is -2.39. The van der Waals surface area contributed by atoms with E-state index in [1.54, 1.807) is 19.2 Å². The minimum absolute atomic E-state index is 0.244. The predicted molar refractivity (Wildman–Crippen MR) is 88.5 cm³/mol. The van der Waals surface area contributed by atoms with E-state index in [-0.39, 0.29) is 5.56 Å². The Morgan fingerprint density at radius 1 is 1.30 bits per heavy atom. The molecule has 1 atom stereocenters. The lowest BCUT2D eigenvalue weighted by Crippen LogP contribution is -2.50. The van der Waals surface area contributed by atoms with Crippen molar-refractivity contribution in [3.63, 3.8) is 0 Å². The molecule has 6 heteroatoms. The average Bonchev–Trinajstić information content (AvgIpc) is 2.56. The molecule has 0 spiro atoms. The molecule has 0 aromatic heterocycles. The van der Waals surface area contributed by atoms with E-state index in [9.17, 15) is 9.90 Å². The Balaban J connectivity index is 2.29. The number of carboxylic acids is 1. The molecule has 0 saturated carbocycles. The van der Waals surface area contributed by atoms with Gasteiger partial charge in [-0.15, -0.1) is 0 Å². The van der Waals surface area contributed by atoms with E-state index in [0.717, 1.165) is 26.1 Å². The molecule has 0 amide bonds. The van der Waals surface area contributed by atoms with Crippen LogP contribution in [0.5, 0.6) is 11.5 Å². The van der Waals surface area contributed by atoms with Crippen LogP contribution in [-0.2, 0) is 6.54 Å². The van der Waals surface area contributed by atoms with Crippen LogP contribution in [0.3, 0.4) is 0 Å². The number of piperazine rings is 1. The number of carboxylic acid groups (broad SMARTS) is 1. The van der Waals surface area contributed by atoms with Gasteiger partial charge in [0.15, 0.2) is 0 Å². The number of rotatable bonds is 6. The van der Waals surface area contributed by atoms with Crippen LogP contribution in [0.15, 0.2) is 12.1 Å². The first-order valence-electron chi connectivity index (χ1n) is 7.90. The first kappa shape index (κ1) is 17.6. The zero-order valence-electron chi connectivity index (χ0n) is 14.3. The van der Waals surface area contributed by atoms with Gasteiger partial charge in [-0.25, -0.2) is 4.79 Å². The highest BCUT2D eigenvalue weighted by Gasteiger charge is 2.26. The normalized spacial score (nSPS) is 19.6. The lowest BCUT2D eigenvalue weighted by molar-refractivity contribution is 0.0686. The fourth-order valence-electron chi connectivity index (χ4n) is 3.09. The Morgan fingerprint density at radius 2 is 2.04 bits per heavy atom. The van der Waals surface area contributed by atoms with Crippen LogP contribution in [0.1, 0.15) is 29.3 Å². The lowest BCUT2D eigenvalue weighted by atomic mass is 10.0. The summed E-state index contributed by atoms with van der Waals surface area (Å²) in [6.45, 7) is 5.59. The summed E-state index contributed by atoms with van der Waals surface area (Å²) in [7, 11) is 5.22. The van der Waals surface area contributed by atoms with Crippen LogP contribution in [0.2, 0.25) is 0 Å². The van der Waals surface area contributed by atoms with Gasteiger partial charge in [0.05, 0.1) is 19.8 Å². The maximum Gasteiger partial charge on any atom is 0.336 e. The van der Waals surface area contributed by atoms with E-state index < -0.39 is 5.97 Å². The molecule has 6 nitrogen and oxygen atoms in total. The smallest absolute Gasteiger partial charge is 0.336 e. The highest BCUT2D eigenvalue weighted by molar-refractivity contribution is 5.91. The van der Waals surface area contributed by atoms with Crippen LogP contribution in [0, 0.1) is 0 Å². The topological polar surface area (TPSA) is 62.2 Å². The summed E-state index contributed by atoms with van der Waals surface area (Å²) < 4.78 is 10.6. The van der Waals surface area contributed by atoms with E-state index in [4.69, 9.17) is 9.47 Å². The van der Waals surface area contributed by atoms with Crippen molar-refractivity contribution in [3.8, 4) is 11.5 Å². The second-order valence-electron chi connectivity index (χ2n) is 5.94. The van der Waals surface area contributed by atoms with Gasteiger partial charge in [0.2, 0.25) is 0 Å². The number of methoxy groups -OCH3 is 2. The largest absolute Gasteiger partial charge is 0.497 e. The zero-order valence-corrected chi connectivity index (χ0v) is 14.3. The molecule has 2 rings (SSSR count). The summed E-state index contributed by atoms with van der Waals surface area (Å²) in [5.41, 5.74) is 0.952. The maximum atomic E-state index is 11.6. The minimum Gasteiger partial charge on any atom is -0.497 e. The number of nitrogens with zero attached hydrogens (tertiary/aromatic N) is 2. The summed E-state index contributed by atoms with van der Waals surface area (Å²) >= 11 is 0. The number of carbonyl (C=O) groups is 1. The molecular weight excluding hydrogens is 296 g/mol. The third-order valence-corrected chi connectivity index (χ3v) is 4.58. The van der Waals surface area contributed by atoms with E-state index in [1.165, 1.54) is 7.11 Å². The molecular formula is C17H26N2O4. The van der Waals surface area contributed by atoms with E-state index in [2.05, 4.69) is 23.8 Å². The number of ether oxygens (including phenoxy) is 2. The first-order valence-corrected chi connectivity index (χ1v) is 7.90. The van der Waals surface area contributed by atoms with Gasteiger partial charge in [-0.1, -0.05) is 6.92 Å².